The minimum Gasteiger partial charge on any atom is -0.491 e. The number of allylic oxidation sites excluding steroid dienone is 3. The average molecular weight is 480 g/mol. The first-order valence-corrected chi connectivity index (χ1v) is 12.5. The normalized spacial score (nSPS) is 17.3. The summed E-state index contributed by atoms with van der Waals surface area (Å²) in [7, 11) is 0. The summed E-state index contributed by atoms with van der Waals surface area (Å²) in [5.74, 6) is 1.59. The quantitative estimate of drug-likeness (QED) is 0.458. The molecule has 36 heavy (non-hydrogen) atoms. The van der Waals surface area contributed by atoms with Gasteiger partial charge < -0.3 is 10.1 Å². The number of nitrogens with zero attached hydrogens (tertiary/aromatic N) is 4. The predicted molar refractivity (Wildman–Crippen MR) is 146 cm³/mol. The van der Waals surface area contributed by atoms with E-state index in [9.17, 15) is 5.26 Å². The van der Waals surface area contributed by atoms with Gasteiger partial charge in [0.2, 0.25) is 6.29 Å². The zero-order chi connectivity index (χ0) is 25.5. The van der Waals surface area contributed by atoms with E-state index in [2.05, 4.69) is 59.0 Å². The molecule has 0 fully saturated rings. The van der Waals surface area contributed by atoms with Crippen molar-refractivity contribution >= 4 is 12.1 Å². The van der Waals surface area contributed by atoms with Crippen molar-refractivity contribution in [1.82, 2.24) is 10.2 Å². The third-order valence-corrected chi connectivity index (χ3v) is 6.37. The van der Waals surface area contributed by atoms with Crippen LogP contribution in [0.1, 0.15) is 51.2 Å². The molecule has 0 radical (unpaired) electrons. The van der Waals surface area contributed by atoms with Crippen LogP contribution in [0.25, 0.3) is 11.1 Å². The molecule has 0 amide bonds. The number of hydrogen-bond acceptors (Lipinski definition) is 6. The van der Waals surface area contributed by atoms with Crippen LogP contribution in [0, 0.1) is 11.3 Å². The van der Waals surface area contributed by atoms with Crippen LogP contribution in [0.3, 0.4) is 0 Å². The predicted octanol–water partition coefficient (Wildman–Crippen LogP) is 6.30. The van der Waals surface area contributed by atoms with E-state index in [1.807, 2.05) is 44.3 Å². The zero-order valence-corrected chi connectivity index (χ0v) is 21.3. The number of aliphatic imine (C=N–C) groups is 2. The van der Waals surface area contributed by atoms with Gasteiger partial charge in [0.15, 0.2) is 5.76 Å². The maximum atomic E-state index is 9.47. The van der Waals surface area contributed by atoms with E-state index < -0.39 is 0 Å². The molecule has 1 unspecified atom stereocenters. The first-order chi connectivity index (χ1) is 17.5. The topological polar surface area (TPSA) is 73.0 Å². The summed E-state index contributed by atoms with van der Waals surface area (Å²) in [6.07, 6.45) is 7.09. The first-order valence-electron chi connectivity index (χ1n) is 12.5. The number of hydrogen-bond donors (Lipinski definition) is 1. The molecule has 4 rings (SSSR count). The second-order valence-corrected chi connectivity index (χ2v) is 8.83. The van der Waals surface area contributed by atoms with E-state index in [-0.39, 0.29) is 6.29 Å². The van der Waals surface area contributed by atoms with Gasteiger partial charge in [0.1, 0.15) is 5.84 Å². The lowest BCUT2D eigenvalue weighted by atomic mass is 9.94. The van der Waals surface area contributed by atoms with Crippen molar-refractivity contribution < 1.29 is 4.74 Å². The number of rotatable bonds is 9. The third kappa shape index (κ3) is 5.41. The molecule has 2 aliphatic heterocycles. The number of nitrogens with one attached hydrogen (secondary N) is 1. The highest BCUT2D eigenvalue weighted by atomic mass is 16.5. The Balaban J connectivity index is 1.59. The molecule has 0 spiro atoms. The number of amidine groups is 1. The fourth-order valence-electron chi connectivity index (χ4n) is 4.51. The highest BCUT2D eigenvalue weighted by Crippen LogP contribution is 2.33. The first kappa shape index (κ1) is 25.0. The number of unbranched alkanes of at least 4 members (excludes halogenated alkanes) is 1. The van der Waals surface area contributed by atoms with Gasteiger partial charge in [-0.05, 0) is 49.4 Å². The van der Waals surface area contributed by atoms with Crippen molar-refractivity contribution in [3.63, 3.8) is 0 Å². The van der Waals surface area contributed by atoms with Crippen LogP contribution >= 0.6 is 0 Å². The largest absolute Gasteiger partial charge is 0.491 e. The maximum Gasteiger partial charge on any atom is 0.201 e. The van der Waals surface area contributed by atoms with Gasteiger partial charge in [-0.25, -0.2) is 9.98 Å². The molecular formula is C30H33N5O. The molecule has 0 saturated carbocycles. The molecular weight excluding hydrogens is 446 g/mol. The fraction of sp³-hybridized carbons (Fsp3) is 0.300. The van der Waals surface area contributed by atoms with Crippen LogP contribution in [0.4, 0.5) is 0 Å². The standard InChI is InChI=1S/C30H33N5O/c1-5-7-12-29-28(17-23-13-15-24(16-14-23)27-11-9-8-10-25(27)18-31)21(3)35(22(4)34-29)30-32-19-26(20-33-30)36-6-2/h8-11,13-16,19-20,30,32H,3,5-7,12,17H2,1-2,4H3. The van der Waals surface area contributed by atoms with E-state index in [0.29, 0.717) is 17.9 Å². The summed E-state index contributed by atoms with van der Waals surface area (Å²) >= 11 is 0. The monoisotopic (exact) mass is 479 g/mol. The second kappa shape index (κ2) is 11.5. The maximum absolute atomic E-state index is 9.47. The minimum absolute atomic E-state index is 0.321. The lowest BCUT2D eigenvalue weighted by Crippen LogP contribution is -2.47. The van der Waals surface area contributed by atoms with Crippen molar-refractivity contribution in [2.24, 2.45) is 9.98 Å². The average Bonchev–Trinajstić information content (AvgIpc) is 2.91. The molecule has 2 aromatic rings. The number of nitriles is 1. The Bertz CT molecular complexity index is 1280. The summed E-state index contributed by atoms with van der Waals surface area (Å²) in [4.78, 5) is 11.7. The van der Waals surface area contributed by atoms with Crippen molar-refractivity contribution in [2.75, 3.05) is 6.61 Å². The molecule has 1 N–H and O–H groups in total. The van der Waals surface area contributed by atoms with Gasteiger partial charge in [0, 0.05) is 29.6 Å². The second-order valence-electron chi connectivity index (χ2n) is 8.83. The summed E-state index contributed by atoms with van der Waals surface area (Å²) in [5.41, 5.74) is 6.98. The van der Waals surface area contributed by atoms with E-state index in [1.54, 1.807) is 6.21 Å². The number of ether oxygens (including phenoxy) is 1. The Morgan fingerprint density at radius 2 is 1.92 bits per heavy atom. The van der Waals surface area contributed by atoms with Gasteiger partial charge in [-0.15, -0.1) is 0 Å². The molecule has 2 aromatic carbocycles. The van der Waals surface area contributed by atoms with Gasteiger partial charge in [0.25, 0.3) is 0 Å². The Morgan fingerprint density at radius 1 is 1.14 bits per heavy atom. The highest BCUT2D eigenvalue weighted by molar-refractivity contribution is 5.86. The van der Waals surface area contributed by atoms with Crippen molar-refractivity contribution in [1.29, 1.82) is 5.26 Å². The van der Waals surface area contributed by atoms with Gasteiger partial charge in [-0.1, -0.05) is 62.4 Å². The third-order valence-electron chi connectivity index (χ3n) is 6.37. The van der Waals surface area contributed by atoms with Gasteiger partial charge >= 0.3 is 0 Å². The summed E-state index contributed by atoms with van der Waals surface area (Å²) in [6.45, 7) is 11.2. The Kier molecular flexibility index (Phi) is 8.02. The van der Waals surface area contributed by atoms with Crippen molar-refractivity contribution in [3.05, 3.63) is 95.2 Å². The fourth-order valence-corrected chi connectivity index (χ4v) is 4.51. The van der Waals surface area contributed by atoms with E-state index >= 15 is 0 Å². The van der Waals surface area contributed by atoms with Crippen molar-refractivity contribution in [3.8, 4) is 17.2 Å². The van der Waals surface area contributed by atoms with Crippen LogP contribution < -0.4 is 5.32 Å². The lowest BCUT2D eigenvalue weighted by Gasteiger charge is -2.37. The molecule has 2 aliphatic rings. The van der Waals surface area contributed by atoms with E-state index in [0.717, 1.165) is 59.6 Å². The molecule has 6 nitrogen and oxygen atoms in total. The SMILES string of the molecule is C=C1C(Cc2ccc(-c3ccccc3C#N)cc2)=C(CCCC)N=C(C)N1C1N=CC(OCC)=CN1. The van der Waals surface area contributed by atoms with Gasteiger partial charge in [-0.2, -0.15) is 5.26 Å². The van der Waals surface area contributed by atoms with Crippen LogP contribution in [-0.2, 0) is 11.2 Å². The van der Waals surface area contributed by atoms with Crippen LogP contribution in [0.2, 0.25) is 0 Å². The van der Waals surface area contributed by atoms with E-state index in [1.165, 1.54) is 5.56 Å². The molecule has 2 heterocycles. The summed E-state index contributed by atoms with van der Waals surface area (Å²) < 4.78 is 5.54. The van der Waals surface area contributed by atoms with Crippen LogP contribution in [0.5, 0.6) is 0 Å². The molecule has 0 saturated heterocycles. The molecule has 0 bridgehead atoms. The van der Waals surface area contributed by atoms with Crippen LogP contribution in [-0.4, -0.2) is 29.8 Å². The Hall–Kier alpha value is -4.11. The molecule has 6 heteroatoms. The molecule has 0 aliphatic carbocycles. The van der Waals surface area contributed by atoms with Crippen LogP contribution in [0.15, 0.2) is 94.0 Å². The van der Waals surface area contributed by atoms with Crippen molar-refractivity contribution in [2.45, 2.75) is 52.7 Å². The van der Waals surface area contributed by atoms with Gasteiger partial charge in [0.05, 0.1) is 24.5 Å². The highest BCUT2D eigenvalue weighted by Gasteiger charge is 2.29. The number of benzene rings is 2. The smallest absolute Gasteiger partial charge is 0.201 e. The summed E-state index contributed by atoms with van der Waals surface area (Å²) in [5, 5.41) is 12.8. The zero-order valence-electron chi connectivity index (χ0n) is 21.3. The minimum atomic E-state index is -0.321. The Morgan fingerprint density at radius 3 is 2.58 bits per heavy atom. The summed E-state index contributed by atoms with van der Waals surface area (Å²) in [6, 6.07) is 18.4. The molecule has 1 atom stereocenters. The van der Waals surface area contributed by atoms with Gasteiger partial charge in [-0.3, -0.25) is 4.90 Å². The lowest BCUT2D eigenvalue weighted by molar-refractivity contribution is 0.240. The Labute approximate surface area is 214 Å². The molecule has 0 aromatic heterocycles. The molecule has 184 valence electrons. The van der Waals surface area contributed by atoms with E-state index in [4.69, 9.17) is 9.73 Å².